The van der Waals surface area contributed by atoms with Crippen molar-refractivity contribution in [2.24, 2.45) is 17.3 Å². The van der Waals surface area contributed by atoms with Gasteiger partial charge in [0.1, 0.15) is 0 Å². The Bertz CT molecular complexity index is 203. The Morgan fingerprint density at radius 2 is 1.73 bits per heavy atom. The van der Waals surface area contributed by atoms with E-state index >= 15 is 0 Å². The Balaban J connectivity index is 1.81. The van der Waals surface area contributed by atoms with Gasteiger partial charge in [-0.2, -0.15) is 0 Å². The largest absolute Gasteiger partial charge is 0.303 e. The topological polar surface area (TPSA) is 3.24 Å². The molecule has 1 heteroatoms. The van der Waals surface area contributed by atoms with Gasteiger partial charge in [-0.15, -0.1) is 0 Å². The van der Waals surface area contributed by atoms with Gasteiger partial charge < -0.3 is 4.90 Å². The van der Waals surface area contributed by atoms with Gasteiger partial charge in [0.2, 0.25) is 0 Å². The number of rotatable bonds is 3. The van der Waals surface area contributed by atoms with E-state index in [9.17, 15) is 0 Å². The van der Waals surface area contributed by atoms with E-state index in [1.165, 1.54) is 51.7 Å². The van der Waals surface area contributed by atoms with Crippen LogP contribution in [0.2, 0.25) is 0 Å². The van der Waals surface area contributed by atoms with E-state index < -0.39 is 0 Å². The van der Waals surface area contributed by atoms with Crippen LogP contribution in [0.15, 0.2) is 0 Å². The minimum absolute atomic E-state index is 0.617. The molecule has 0 aromatic heterocycles. The Morgan fingerprint density at radius 3 is 2.27 bits per heavy atom. The van der Waals surface area contributed by atoms with Crippen LogP contribution in [0, 0.1) is 17.3 Å². The summed E-state index contributed by atoms with van der Waals surface area (Å²) in [5, 5.41) is 0. The van der Waals surface area contributed by atoms with Crippen molar-refractivity contribution in [3.05, 3.63) is 0 Å². The predicted molar refractivity (Wildman–Crippen MR) is 66.0 cm³/mol. The maximum atomic E-state index is 2.71. The first-order valence-electron chi connectivity index (χ1n) is 6.87. The minimum atomic E-state index is 0.617. The highest BCUT2D eigenvalue weighted by atomic mass is 15.1. The summed E-state index contributed by atoms with van der Waals surface area (Å²) in [6, 6.07) is 0. The van der Waals surface area contributed by atoms with Crippen LogP contribution in [-0.2, 0) is 0 Å². The Hall–Kier alpha value is -0.0400. The average Bonchev–Trinajstić information content (AvgIpc) is 2.25. The number of hydrogen-bond acceptors (Lipinski definition) is 1. The summed E-state index contributed by atoms with van der Waals surface area (Å²) in [5.74, 6) is 1.97. The molecule has 0 bridgehead atoms. The van der Waals surface area contributed by atoms with E-state index in [-0.39, 0.29) is 0 Å². The van der Waals surface area contributed by atoms with Crippen molar-refractivity contribution in [1.82, 2.24) is 4.90 Å². The molecule has 0 spiro atoms. The molecule has 1 saturated heterocycles. The first-order valence-corrected chi connectivity index (χ1v) is 6.87. The van der Waals surface area contributed by atoms with Gasteiger partial charge in [-0.1, -0.05) is 33.6 Å². The molecular weight excluding hydrogens is 182 g/mol. The molecule has 2 unspecified atom stereocenters. The molecule has 0 radical (unpaired) electrons. The number of hydrogen-bond donors (Lipinski definition) is 0. The summed E-state index contributed by atoms with van der Waals surface area (Å²) in [7, 11) is 0. The molecule has 0 amide bonds. The highest BCUT2D eigenvalue weighted by Gasteiger charge is 2.46. The van der Waals surface area contributed by atoms with Gasteiger partial charge in [0.25, 0.3) is 0 Å². The quantitative estimate of drug-likeness (QED) is 0.687. The predicted octanol–water partition coefficient (Wildman–Crippen LogP) is 3.54. The smallest absolute Gasteiger partial charge is 0.00150 e. The van der Waals surface area contributed by atoms with Crippen molar-refractivity contribution in [3.8, 4) is 0 Å². The fraction of sp³-hybridized carbons (Fsp3) is 1.00. The molecule has 1 aliphatic carbocycles. The molecule has 0 N–H and O–H groups in total. The van der Waals surface area contributed by atoms with Crippen molar-refractivity contribution >= 4 is 0 Å². The third-order valence-electron chi connectivity index (χ3n) is 5.09. The minimum Gasteiger partial charge on any atom is -0.303 e. The molecule has 1 saturated carbocycles. The number of piperidine rings is 1. The molecule has 2 fully saturated rings. The number of nitrogens with zero attached hydrogens (tertiary/aromatic N) is 1. The second-order valence-electron chi connectivity index (χ2n) is 6.22. The fourth-order valence-electron chi connectivity index (χ4n) is 3.58. The molecule has 1 aliphatic heterocycles. The summed E-state index contributed by atoms with van der Waals surface area (Å²) in [4.78, 5) is 2.71. The van der Waals surface area contributed by atoms with Gasteiger partial charge in [-0.3, -0.25) is 0 Å². The first-order chi connectivity index (χ1) is 7.14. The first kappa shape index (κ1) is 11.4. The Kier molecular flexibility index (Phi) is 3.39. The fourth-order valence-corrected chi connectivity index (χ4v) is 3.58. The molecule has 0 aromatic rings. The highest BCUT2D eigenvalue weighted by Crippen LogP contribution is 2.52. The van der Waals surface area contributed by atoms with Crippen LogP contribution < -0.4 is 0 Å². The SMILES string of the molecule is CCC1CC(CN2CCCCC2)C1(C)C. The van der Waals surface area contributed by atoms with Gasteiger partial charge in [0, 0.05) is 6.54 Å². The lowest BCUT2D eigenvalue weighted by Gasteiger charge is -2.54. The van der Waals surface area contributed by atoms with Crippen LogP contribution in [-0.4, -0.2) is 24.5 Å². The van der Waals surface area contributed by atoms with Crippen LogP contribution in [0.25, 0.3) is 0 Å². The van der Waals surface area contributed by atoms with Gasteiger partial charge in [-0.05, 0) is 49.6 Å². The summed E-state index contributed by atoms with van der Waals surface area (Å²) >= 11 is 0. The zero-order chi connectivity index (χ0) is 10.9. The van der Waals surface area contributed by atoms with Gasteiger partial charge in [-0.25, -0.2) is 0 Å². The number of likely N-dealkylation sites (tertiary alicyclic amines) is 1. The molecule has 1 heterocycles. The monoisotopic (exact) mass is 209 g/mol. The van der Waals surface area contributed by atoms with Crippen LogP contribution in [0.1, 0.15) is 52.9 Å². The standard InChI is InChI=1S/C14H27N/c1-4-12-10-13(14(12,2)3)11-15-8-6-5-7-9-15/h12-13H,4-11H2,1-3H3. The normalized spacial score (nSPS) is 36.2. The van der Waals surface area contributed by atoms with Crippen molar-refractivity contribution < 1.29 is 0 Å². The maximum absolute atomic E-state index is 2.71. The summed E-state index contributed by atoms with van der Waals surface area (Å²) in [5.41, 5.74) is 0.617. The van der Waals surface area contributed by atoms with E-state index in [1.807, 2.05) is 0 Å². The van der Waals surface area contributed by atoms with Gasteiger partial charge >= 0.3 is 0 Å². The lowest BCUT2D eigenvalue weighted by Crippen LogP contribution is -2.50. The van der Waals surface area contributed by atoms with E-state index in [0.29, 0.717) is 5.41 Å². The van der Waals surface area contributed by atoms with E-state index in [1.54, 1.807) is 0 Å². The second-order valence-corrected chi connectivity index (χ2v) is 6.22. The lowest BCUT2D eigenvalue weighted by molar-refractivity contribution is -0.0440. The van der Waals surface area contributed by atoms with E-state index in [4.69, 9.17) is 0 Å². The molecule has 1 nitrogen and oxygen atoms in total. The summed E-state index contributed by atoms with van der Waals surface area (Å²) in [6.07, 6.45) is 7.19. The third-order valence-corrected chi connectivity index (χ3v) is 5.09. The third kappa shape index (κ3) is 2.22. The van der Waals surface area contributed by atoms with Gasteiger partial charge in [0.05, 0.1) is 0 Å². The van der Waals surface area contributed by atoms with Gasteiger partial charge in [0.15, 0.2) is 0 Å². The second kappa shape index (κ2) is 4.45. The summed E-state index contributed by atoms with van der Waals surface area (Å²) in [6.45, 7) is 11.4. The Morgan fingerprint density at radius 1 is 1.07 bits per heavy atom. The van der Waals surface area contributed by atoms with Crippen LogP contribution in [0.3, 0.4) is 0 Å². The molecule has 2 aliphatic rings. The highest BCUT2D eigenvalue weighted by molar-refractivity contribution is 4.97. The molecule has 88 valence electrons. The molecular formula is C14H27N. The van der Waals surface area contributed by atoms with Crippen LogP contribution in [0.4, 0.5) is 0 Å². The van der Waals surface area contributed by atoms with E-state index in [0.717, 1.165) is 11.8 Å². The lowest BCUT2D eigenvalue weighted by atomic mass is 9.54. The average molecular weight is 209 g/mol. The van der Waals surface area contributed by atoms with Crippen molar-refractivity contribution in [3.63, 3.8) is 0 Å². The molecule has 2 rings (SSSR count). The van der Waals surface area contributed by atoms with Crippen LogP contribution >= 0.6 is 0 Å². The zero-order valence-corrected chi connectivity index (χ0v) is 10.8. The Labute approximate surface area is 95.2 Å². The van der Waals surface area contributed by atoms with Crippen LogP contribution in [0.5, 0.6) is 0 Å². The van der Waals surface area contributed by atoms with Crippen molar-refractivity contribution in [2.45, 2.75) is 52.9 Å². The maximum Gasteiger partial charge on any atom is 0.00150 e. The summed E-state index contributed by atoms with van der Waals surface area (Å²) < 4.78 is 0. The molecule has 15 heavy (non-hydrogen) atoms. The molecule has 2 atom stereocenters. The van der Waals surface area contributed by atoms with Crippen molar-refractivity contribution in [1.29, 1.82) is 0 Å². The molecule has 0 aromatic carbocycles. The zero-order valence-electron chi connectivity index (χ0n) is 10.8. The van der Waals surface area contributed by atoms with Crippen molar-refractivity contribution in [2.75, 3.05) is 19.6 Å². The van der Waals surface area contributed by atoms with E-state index in [2.05, 4.69) is 25.7 Å².